The van der Waals surface area contributed by atoms with E-state index in [0.717, 1.165) is 16.0 Å². The van der Waals surface area contributed by atoms with E-state index in [-0.39, 0.29) is 25.1 Å². The molecule has 8 heteroatoms. The third-order valence-corrected chi connectivity index (χ3v) is 8.00. The van der Waals surface area contributed by atoms with E-state index in [0.29, 0.717) is 21.7 Å². The molecular formula is C22H25ClN2O4S. The Morgan fingerprint density at radius 1 is 1.23 bits per heavy atom. The number of esters is 1. The minimum absolute atomic E-state index is 0.0845. The van der Waals surface area contributed by atoms with Crippen LogP contribution in [0.1, 0.15) is 42.3 Å². The molecule has 4 rings (SSSR count). The lowest BCUT2D eigenvalue weighted by Gasteiger charge is -2.28. The summed E-state index contributed by atoms with van der Waals surface area (Å²) in [4.78, 5) is 36.8. The second-order valence-electron chi connectivity index (χ2n) is 8.28. The van der Waals surface area contributed by atoms with Crippen LogP contribution in [0.2, 0.25) is 5.02 Å². The van der Waals surface area contributed by atoms with E-state index in [1.54, 1.807) is 0 Å². The van der Waals surface area contributed by atoms with Gasteiger partial charge in [0.05, 0.1) is 5.02 Å². The van der Waals surface area contributed by atoms with Crippen LogP contribution in [-0.4, -0.2) is 37.0 Å². The maximum Gasteiger partial charge on any atom is 0.325 e. The first-order valence-electron chi connectivity index (χ1n) is 10.3. The summed E-state index contributed by atoms with van der Waals surface area (Å²) >= 11 is 7.54. The Morgan fingerprint density at radius 3 is 2.73 bits per heavy atom. The molecular weight excluding hydrogens is 424 g/mol. The maximum absolute atomic E-state index is 12.4. The lowest BCUT2D eigenvalue weighted by atomic mass is 9.84. The van der Waals surface area contributed by atoms with Gasteiger partial charge in [-0.1, -0.05) is 36.2 Å². The molecule has 30 heavy (non-hydrogen) atoms. The van der Waals surface area contributed by atoms with E-state index in [9.17, 15) is 14.4 Å². The molecule has 0 aliphatic heterocycles. The molecule has 4 unspecified atom stereocenters. The van der Waals surface area contributed by atoms with Gasteiger partial charge in [0.25, 0.3) is 11.8 Å². The van der Waals surface area contributed by atoms with Crippen LogP contribution in [0.15, 0.2) is 24.3 Å². The van der Waals surface area contributed by atoms with Gasteiger partial charge < -0.3 is 15.4 Å². The predicted octanol–water partition coefficient (Wildman–Crippen LogP) is 3.77. The number of benzene rings is 1. The Hall–Kier alpha value is -2.12. The summed E-state index contributed by atoms with van der Waals surface area (Å²) in [5, 5.41) is 6.64. The number of carbonyl (C=O) groups excluding carboxylic acids is 3. The number of amides is 2. The fraction of sp³-hybridized carbons (Fsp3) is 0.500. The fourth-order valence-electron chi connectivity index (χ4n) is 4.90. The van der Waals surface area contributed by atoms with Crippen LogP contribution in [0, 0.1) is 17.8 Å². The molecule has 0 saturated heterocycles. The van der Waals surface area contributed by atoms with Crippen LogP contribution in [0.25, 0.3) is 10.1 Å². The first kappa shape index (κ1) is 21.1. The summed E-state index contributed by atoms with van der Waals surface area (Å²) in [6.45, 7) is 1.36. The lowest BCUT2D eigenvalue weighted by Crippen LogP contribution is -2.42. The number of thiophene rings is 1. The zero-order valence-electron chi connectivity index (χ0n) is 16.8. The zero-order valence-corrected chi connectivity index (χ0v) is 18.4. The average Bonchev–Trinajstić information content (AvgIpc) is 3.45. The van der Waals surface area contributed by atoms with Crippen LogP contribution >= 0.6 is 22.9 Å². The monoisotopic (exact) mass is 448 g/mol. The van der Waals surface area contributed by atoms with Crippen molar-refractivity contribution in [1.82, 2.24) is 10.6 Å². The third-order valence-electron chi connectivity index (χ3n) is 6.32. The quantitative estimate of drug-likeness (QED) is 0.631. The molecule has 2 aliphatic rings. The van der Waals surface area contributed by atoms with Gasteiger partial charge in [-0.2, -0.15) is 0 Å². The van der Waals surface area contributed by atoms with Gasteiger partial charge in [0.1, 0.15) is 11.4 Å². The molecule has 0 radical (unpaired) electrons. The van der Waals surface area contributed by atoms with Crippen LogP contribution in [0.5, 0.6) is 0 Å². The second kappa shape index (κ2) is 8.94. The molecule has 1 heterocycles. The largest absolute Gasteiger partial charge is 0.454 e. The molecule has 160 valence electrons. The Bertz CT molecular complexity index is 975. The van der Waals surface area contributed by atoms with Gasteiger partial charge in [-0.25, -0.2) is 0 Å². The number of hydrogen-bond acceptors (Lipinski definition) is 5. The second-order valence-corrected chi connectivity index (χ2v) is 9.71. The van der Waals surface area contributed by atoms with Crippen molar-refractivity contribution in [3.05, 3.63) is 34.2 Å². The molecule has 2 fully saturated rings. The highest BCUT2D eigenvalue weighted by Gasteiger charge is 2.42. The Balaban J connectivity index is 1.20. The van der Waals surface area contributed by atoms with Crippen molar-refractivity contribution in [2.45, 2.75) is 38.6 Å². The molecule has 0 spiro atoms. The molecule has 2 saturated carbocycles. The highest BCUT2D eigenvalue weighted by molar-refractivity contribution is 7.21. The minimum atomic E-state index is -0.664. The summed E-state index contributed by atoms with van der Waals surface area (Å²) in [5.41, 5.74) is 0. The van der Waals surface area contributed by atoms with Gasteiger partial charge in [0.15, 0.2) is 6.61 Å². The van der Waals surface area contributed by atoms with Gasteiger partial charge >= 0.3 is 5.97 Å². The minimum Gasteiger partial charge on any atom is -0.454 e. The number of ether oxygens (including phenoxy) is 1. The molecule has 4 atom stereocenters. The van der Waals surface area contributed by atoms with Crippen molar-refractivity contribution in [1.29, 1.82) is 0 Å². The van der Waals surface area contributed by atoms with Crippen molar-refractivity contribution in [2.75, 3.05) is 13.2 Å². The number of rotatable bonds is 7. The molecule has 2 aromatic rings. The number of halogens is 1. The summed E-state index contributed by atoms with van der Waals surface area (Å²) in [7, 11) is 0. The van der Waals surface area contributed by atoms with Gasteiger partial charge in [-0.05, 0) is 50.0 Å². The number of nitrogens with one attached hydrogen (secondary N) is 2. The molecule has 1 aromatic carbocycles. The van der Waals surface area contributed by atoms with Crippen molar-refractivity contribution in [2.24, 2.45) is 17.8 Å². The van der Waals surface area contributed by atoms with Crippen molar-refractivity contribution >= 4 is 50.8 Å². The van der Waals surface area contributed by atoms with Crippen molar-refractivity contribution in [3.8, 4) is 0 Å². The summed E-state index contributed by atoms with van der Waals surface area (Å²) in [5.74, 6) is 0.640. The van der Waals surface area contributed by atoms with E-state index in [1.165, 1.54) is 37.0 Å². The standard InChI is InChI=1S/C22H25ClN2O4S/c1-12(16-9-13-6-7-14(16)8-13)25-18(26)11-29-19(27)10-24-22(28)21-20(23)15-4-2-3-5-17(15)30-21/h2-5,12-14,16H,6-11H2,1H3,(H,24,28)(H,25,26). The zero-order chi connectivity index (χ0) is 21.3. The van der Waals surface area contributed by atoms with Crippen LogP contribution in [0.4, 0.5) is 0 Å². The van der Waals surface area contributed by atoms with Crippen molar-refractivity contribution < 1.29 is 19.1 Å². The normalized spacial score (nSPS) is 23.3. The van der Waals surface area contributed by atoms with E-state index >= 15 is 0 Å². The lowest BCUT2D eigenvalue weighted by molar-refractivity contribution is -0.147. The maximum atomic E-state index is 12.4. The topological polar surface area (TPSA) is 84.5 Å². The van der Waals surface area contributed by atoms with E-state index in [4.69, 9.17) is 16.3 Å². The molecule has 2 N–H and O–H groups in total. The van der Waals surface area contributed by atoms with Gasteiger partial charge in [-0.3, -0.25) is 14.4 Å². The van der Waals surface area contributed by atoms with Crippen LogP contribution in [-0.2, 0) is 14.3 Å². The first-order valence-corrected chi connectivity index (χ1v) is 11.5. The predicted molar refractivity (Wildman–Crippen MR) is 117 cm³/mol. The van der Waals surface area contributed by atoms with Crippen LogP contribution < -0.4 is 10.6 Å². The summed E-state index contributed by atoms with van der Waals surface area (Å²) < 4.78 is 5.91. The Kier molecular flexibility index (Phi) is 6.29. The van der Waals surface area contributed by atoms with Gasteiger partial charge in [-0.15, -0.1) is 11.3 Å². The third kappa shape index (κ3) is 4.47. The smallest absolute Gasteiger partial charge is 0.325 e. The highest BCUT2D eigenvalue weighted by atomic mass is 35.5. The Labute approximate surface area is 184 Å². The van der Waals surface area contributed by atoms with E-state index in [2.05, 4.69) is 10.6 Å². The first-order chi connectivity index (χ1) is 14.4. The molecule has 2 bridgehead atoms. The SMILES string of the molecule is CC(NC(=O)COC(=O)CNC(=O)c1sc2ccccc2c1Cl)C1CC2CCC1C2. The molecule has 2 aliphatic carbocycles. The van der Waals surface area contributed by atoms with Gasteiger partial charge in [0.2, 0.25) is 0 Å². The van der Waals surface area contributed by atoms with E-state index < -0.39 is 11.9 Å². The van der Waals surface area contributed by atoms with E-state index in [1.807, 2.05) is 31.2 Å². The summed E-state index contributed by atoms with van der Waals surface area (Å²) in [6, 6.07) is 7.53. The highest BCUT2D eigenvalue weighted by Crippen LogP contribution is 2.49. The summed E-state index contributed by atoms with van der Waals surface area (Å²) in [6.07, 6.45) is 5.04. The van der Waals surface area contributed by atoms with Crippen LogP contribution in [0.3, 0.4) is 0 Å². The number of fused-ring (bicyclic) bond motifs is 3. The van der Waals surface area contributed by atoms with Gasteiger partial charge in [0, 0.05) is 16.1 Å². The average molecular weight is 449 g/mol. The number of hydrogen-bond donors (Lipinski definition) is 2. The molecule has 1 aromatic heterocycles. The molecule has 2 amide bonds. The fourth-order valence-corrected chi connectivity index (χ4v) is 6.33. The van der Waals surface area contributed by atoms with Crippen molar-refractivity contribution in [3.63, 3.8) is 0 Å². The Morgan fingerprint density at radius 2 is 2.03 bits per heavy atom. The molecule has 6 nitrogen and oxygen atoms in total. The number of carbonyl (C=O) groups is 3.